The zero-order chi connectivity index (χ0) is 37.6. The topological polar surface area (TPSA) is 108 Å². The Labute approximate surface area is 293 Å². The maximum absolute atomic E-state index is 13.6. The van der Waals surface area contributed by atoms with Crippen LogP contribution in [0.15, 0.2) is 83.3 Å². The maximum Gasteiger partial charge on any atom is 0.416 e. The van der Waals surface area contributed by atoms with Gasteiger partial charge in [0.1, 0.15) is 11.1 Å². The van der Waals surface area contributed by atoms with Gasteiger partial charge in [-0.1, -0.05) is 38.1 Å². The highest BCUT2D eigenvalue weighted by Gasteiger charge is 2.42. The van der Waals surface area contributed by atoms with Gasteiger partial charge in [-0.25, -0.2) is 9.78 Å². The van der Waals surface area contributed by atoms with Gasteiger partial charge >= 0.3 is 18.4 Å². The number of nitriles is 1. The molecule has 1 aliphatic rings. The number of nitrogens with one attached hydrogen (secondary N) is 1. The van der Waals surface area contributed by atoms with Gasteiger partial charge in [0.15, 0.2) is 5.58 Å². The van der Waals surface area contributed by atoms with Crippen LogP contribution in [-0.4, -0.2) is 40.6 Å². The summed E-state index contributed by atoms with van der Waals surface area (Å²) in [6, 6.07) is 19.3. The predicted molar refractivity (Wildman–Crippen MR) is 178 cm³/mol. The normalized spacial score (nSPS) is 16.3. The van der Waals surface area contributed by atoms with E-state index in [1.165, 1.54) is 23.1 Å². The molecule has 2 heterocycles. The van der Waals surface area contributed by atoms with Crippen LogP contribution in [0.2, 0.25) is 0 Å². The molecule has 1 aliphatic heterocycles. The number of carbonyl (C=O) groups is 2. The van der Waals surface area contributed by atoms with E-state index in [2.05, 4.69) is 16.4 Å². The van der Waals surface area contributed by atoms with Gasteiger partial charge in [0, 0.05) is 23.2 Å². The van der Waals surface area contributed by atoms with Crippen molar-refractivity contribution >= 4 is 23.1 Å². The van der Waals surface area contributed by atoms with Gasteiger partial charge in [-0.15, -0.1) is 0 Å². The first kappa shape index (κ1) is 36.0. The Morgan fingerprint density at radius 3 is 2.23 bits per heavy atom. The first-order valence-electron chi connectivity index (χ1n) is 16.0. The van der Waals surface area contributed by atoms with E-state index in [9.17, 15) is 41.2 Å². The SMILES string of the molecule is CC(C)c1cc(C#N)cc2nc(-c3ccc(C(=O)NCC4(C)CN(Cc5ccccc5-c5cc(C(F)(F)F)cc(C(F)(F)F)c5)C(=O)O4)cc3)oc12. The quantitative estimate of drug-likeness (QED) is 0.160. The van der Waals surface area contributed by atoms with E-state index in [-0.39, 0.29) is 42.7 Å². The van der Waals surface area contributed by atoms with E-state index >= 15 is 0 Å². The van der Waals surface area contributed by atoms with Crippen LogP contribution in [0.4, 0.5) is 31.1 Å². The summed E-state index contributed by atoms with van der Waals surface area (Å²) in [4.78, 5) is 31.8. The lowest BCUT2D eigenvalue weighted by Crippen LogP contribution is -2.43. The molecular weight excluding hydrogens is 690 g/mol. The van der Waals surface area contributed by atoms with Crippen LogP contribution >= 0.6 is 0 Å². The van der Waals surface area contributed by atoms with Gasteiger partial charge in [0.25, 0.3) is 5.91 Å². The van der Waals surface area contributed by atoms with Crippen molar-refractivity contribution in [2.75, 3.05) is 13.1 Å². The number of alkyl halides is 6. The predicted octanol–water partition coefficient (Wildman–Crippen LogP) is 9.34. The molecule has 14 heteroatoms. The van der Waals surface area contributed by atoms with Gasteiger partial charge in [-0.2, -0.15) is 31.6 Å². The minimum atomic E-state index is -5.02. The number of benzene rings is 4. The molecule has 6 rings (SSSR count). The summed E-state index contributed by atoms with van der Waals surface area (Å²) < 4.78 is 92.9. The highest BCUT2D eigenvalue weighted by molar-refractivity contribution is 5.94. The molecule has 1 unspecified atom stereocenters. The highest BCUT2D eigenvalue weighted by atomic mass is 19.4. The fourth-order valence-electron chi connectivity index (χ4n) is 6.05. The second-order valence-corrected chi connectivity index (χ2v) is 13.1. The Kier molecular flexibility index (Phi) is 9.25. The summed E-state index contributed by atoms with van der Waals surface area (Å²) in [5.74, 6) is -0.0537. The van der Waals surface area contributed by atoms with Crippen LogP contribution < -0.4 is 5.32 Å². The van der Waals surface area contributed by atoms with Crippen LogP contribution in [0.5, 0.6) is 0 Å². The summed E-state index contributed by atoms with van der Waals surface area (Å²) in [7, 11) is 0. The molecule has 0 spiro atoms. The van der Waals surface area contributed by atoms with Crippen LogP contribution in [0.25, 0.3) is 33.7 Å². The largest absolute Gasteiger partial charge is 0.439 e. The Bertz CT molecular complexity index is 2190. The molecule has 5 aromatic rings. The minimum absolute atomic E-state index is 0.0284. The average Bonchev–Trinajstić information content (AvgIpc) is 3.65. The molecule has 2 amide bonds. The van der Waals surface area contributed by atoms with Crippen LogP contribution in [-0.2, 0) is 23.6 Å². The standard InChI is InChI=1S/C38H30F6N4O4/c1-21(2)30-12-22(17-45)13-31-32(30)51-34(47-31)24-10-8-23(9-11-24)33(49)46-19-36(3)20-48(35(50)52-36)18-25-6-4-5-7-29(25)26-14-27(37(39,40)41)16-28(15-26)38(42,43)44/h4-16,21H,18-20H2,1-3H3,(H,46,49). The third-order valence-corrected chi connectivity index (χ3v) is 8.68. The number of hydrogen-bond donors (Lipinski definition) is 1. The van der Waals surface area contributed by atoms with Crippen LogP contribution in [0.1, 0.15) is 64.9 Å². The first-order chi connectivity index (χ1) is 24.4. The van der Waals surface area contributed by atoms with E-state index in [1.54, 1.807) is 49.4 Å². The number of nitrogens with zero attached hydrogens (tertiary/aromatic N) is 3. The monoisotopic (exact) mass is 720 g/mol. The third kappa shape index (κ3) is 7.44. The van der Waals surface area contributed by atoms with Crippen molar-refractivity contribution in [2.24, 2.45) is 0 Å². The van der Waals surface area contributed by atoms with Crippen molar-refractivity contribution < 1.29 is 45.1 Å². The number of carbonyl (C=O) groups excluding carboxylic acids is 2. The van der Waals surface area contributed by atoms with Gasteiger partial charge in [-0.3, -0.25) is 9.69 Å². The van der Waals surface area contributed by atoms with Gasteiger partial charge < -0.3 is 14.5 Å². The molecule has 1 fully saturated rings. The second-order valence-electron chi connectivity index (χ2n) is 13.1. The lowest BCUT2D eigenvalue weighted by Gasteiger charge is -2.23. The third-order valence-electron chi connectivity index (χ3n) is 8.68. The highest BCUT2D eigenvalue weighted by Crippen LogP contribution is 2.40. The van der Waals surface area contributed by atoms with Crippen molar-refractivity contribution in [3.63, 3.8) is 0 Å². The molecule has 0 saturated carbocycles. The number of rotatable bonds is 8. The molecule has 0 radical (unpaired) electrons. The minimum Gasteiger partial charge on any atom is -0.439 e. The Morgan fingerprint density at radius 1 is 0.962 bits per heavy atom. The van der Waals surface area contributed by atoms with E-state index in [0.29, 0.717) is 51.4 Å². The van der Waals surface area contributed by atoms with Crippen molar-refractivity contribution in [1.29, 1.82) is 5.26 Å². The number of oxazole rings is 1. The lowest BCUT2D eigenvalue weighted by molar-refractivity contribution is -0.143. The van der Waals surface area contributed by atoms with Crippen molar-refractivity contribution in [3.05, 3.63) is 112 Å². The molecule has 4 aromatic carbocycles. The summed E-state index contributed by atoms with van der Waals surface area (Å²) in [5, 5.41) is 12.2. The van der Waals surface area contributed by atoms with E-state index in [4.69, 9.17) is 9.15 Å². The number of halogens is 6. The lowest BCUT2D eigenvalue weighted by atomic mass is 9.95. The zero-order valence-electron chi connectivity index (χ0n) is 27.9. The smallest absolute Gasteiger partial charge is 0.416 e. The molecule has 0 aliphatic carbocycles. The van der Waals surface area contributed by atoms with Crippen molar-refractivity contribution in [3.8, 4) is 28.7 Å². The summed E-state index contributed by atoms with van der Waals surface area (Å²) in [5.41, 5.74) is -0.686. The molecule has 8 nitrogen and oxygen atoms in total. The summed E-state index contributed by atoms with van der Waals surface area (Å²) in [6.07, 6.45) is -10.8. The van der Waals surface area contributed by atoms with Crippen LogP contribution in [0, 0.1) is 11.3 Å². The summed E-state index contributed by atoms with van der Waals surface area (Å²) >= 11 is 0. The number of ether oxygens (including phenoxy) is 1. The molecule has 0 bridgehead atoms. The number of aromatic nitrogens is 1. The fraction of sp³-hybridized carbons (Fsp3) is 0.263. The molecule has 1 aromatic heterocycles. The number of hydrogen-bond acceptors (Lipinski definition) is 6. The Morgan fingerprint density at radius 2 is 1.62 bits per heavy atom. The molecule has 1 N–H and O–H groups in total. The molecule has 1 atom stereocenters. The molecular formula is C38H30F6N4O4. The number of fused-ring (bicyclic) bond motifs is 1. The first-order valence-corrected chi connectivity index (χ1v) is 16.0. The van der Waals surface area contributed by atoms with E-state index in [1.807, 2.05) is 13.8 Å². The molecule has 1 saturated heterocycles. The summed E-state index contributed by atoms with van der Waals surface area (Å²) in [6.45, 7) is 5.27. The van der Waals surface area contributed by atoms with Crippen LogP contribution in [0.3, 0.4) is 0 Å². The van der Waals surface area contributed by atoms with Crippen molar-refractivity contribution in [1.82, 2.24) is 15.2 Å². The Balaban J connectivity index is 1.14. The maximum atomic E-state index is 13.6. The fourth-order valence-corrected chi connectivity index (χ4v) is 6.05. The van der Waals surface area contributed by atoms with Gasteiger partial charge in [0.2, 0.25) is 5.89 Å². The van der Waals surface area contributed by atoms with E-state index in [0.717, 1.165) is 5.56 Å². The van der Waals surface area contributed by atoms with Gasteiger partial charge in [-0.05, 0) is 84.1 Å². The molecule has 268 valence electrons. The van der Waals surface area contributed by atoms with Gasteiger partial charge in [0.05, 0.1) is 35.8 Å². The number of amides is 2. The van der Waals surface area contributed by atoms with Crippen molar-refractivity contribution in [2.45, 2.75) is 51.2 Å². The zero-order valence-corrected chi connectivity index (χ0v) is 27.9. The second kappa shape index (κ2) is 13.4. The number of cyclic esters (lactones) is 1. The average molecular weight is 721 g/mol. The Hall–Kier alpha value is -5.84. The molecule has 52 heavy (non-hydrogen) atoms. The van der Waals surface area contributed by atoms with E-state index < -0.39 is 41.1 Å².